The van der Waals surface area contributed by atoms with Crippen molar-refractivity contribution >= 4 is 17.3 Å². The quantitative estimate of drug-likeness (QED) is 0.685. The van der Waals surface area contributed by atoms with Gasteiger partial charge in [-0.15, -0.1) is 11.3 Å². The molecular weight excluding hydrogens is 312 g/mol. The highest BCUT2D eigenvalue weighted by Gasteiger charge is 2.18. The van der Waals surface area contributed by atoms with Gasteiger partial charge in [0.1, 0.15) is 5.75 Å². The number of aryl methyl sites for hydroxylation is 1. The largest absolute Gasteiger partial charge is 0.497 e. The molecule has 0 aliphatic rings. The van der Waals surface area contributed by atoms with Gasteiger partial charge in [0, 0.05) is 6.07 Å². The van der Waals surface area contributed by atoms with Gasteiger partial charge >= 0.3 is 5.97 Å². The van der Waals surface area contributed by atoms with Crippen LogP contribution in [0.4, 0.5) is 0 Å². The predicted octanol–water partition coefficient (Wildman–Crippen LogP) is 3.70. The van der Waals surface area contributed by atoms with E-state index in [9.17, 15) is 4.79 Å². The molecule has 2 aromatic heterocycles. The number of ether oxygens (including phenoxy) is 2. The molecule has 3 rings (SSSR count). The summed E-state index contributed by atoms with van der Waals surface area (Å²) in [5, 5.41) is 6.47. The number of carbonyl (C=O) groups is 1. The molecule has 0 saturated carbocycles. The summed E-state index contributed by atoms with van der Waals surface area (Å²) in [7, 11) is 2.97. The molecule has 6 heteroatoms. The number of hydrogen-bond acceptors (Lipinski definition) is 5. The summed E-state index contributed by atoms with van der Waals surface area (Å²) in [6, 6.07) is 11.3. The van der Waals surface area contributed by atoms with Crippen LogP contribution in [0, 0.1) is 6.92 Å². The number of methoxy groups -OCH3 is 2. The van der Waals surface area contributed by atoms with Crippen LogP contribution in [0.1, 0.15) is 16.1 Å². The Balaban J connectivity index is 2.12. The molecule has 1 aromatic carbocycles. The van der Waals surface area contributed by atoms with E-state index in [4.69, 9.17) is 9.47 Å². The van der Waals surface area contributed by atoms with Gasteiger partial charge in [0.15, 0.2) is 5.69 Å². The molecule has 0 N–H and O–H groups in total. The van der Waals surface area contributed by atoms with Gasteiger partial charge in [-0.1, -0.05) is 0 Å². The summed E-state index contributed by atoms with van der Waals surface area (Å²) in [4.78, 5) is 12.9. The Kier molecular flexibility index (Phi) is 4.16. The Morgan fingerprint density at radius 3 is 2.48 bits per heavy atom. The molecule has 0 bridgehead atoms. The number of benzene rings is 1. The van der Waals surface area contributed by atoms with Crippen molar-refractivity contribution in [2.75, 3.05) is 14.2 Å². The second-order valence-corrected chi connectivity index (χ2v) is 5.92. The summed E-state index contributed by atoms with van der Waals surface area (Å²) >= 11 is 1.61. The molecule has 23 heavy (non-hydrogen) atoms. The maximum Gasteiger partial charge on any atom is 0.358 e. The SMILES string of the molecule is COC(=O)c1cc(-c2cc(C)cs2)n(-c2ccc(OC)cc2)n1. The molecule has 0 fully saturated rings. The van der Waals surface area contributed by atoms with Crippen molar-refractivity contribution in [1.29, 1.82) is 0 Å². The average molecular weight is 328 g/mol. The highest BCUT2D eigenvalue weighted by molar-refractivity contribution is 7.13. The third kappa shape index (κ3) is 2.98. The van der Waals surface area contributed by atoms with Crippen molar-refractivity contribution in [3.05, 3.63) is 53.0 Å². The fraction of sp³-hybridized carbons (Fsp3) is 0.176. The minimum absolute atomic E-state index is 0.282. The van der Waals surface area contributed by atoms with Crippen LogP contribution < -0.4 is 4.74 Å². The van der Waals surface area contributed by atoms with Gasteiger partial charge in [0.2, 0.25) is 0 Å². The lowest BCUT2D eigenvalue weighted by Crippen LogP contribution is -2.04. The van der Waals surface area contributed by atoms with E-state index in [1.165, 1.54) is 12.7 Å². The smallest absolute Gasteiger partial charge is 0.358 e. The number of nitrogens with zero attached hydrogens (tertiary/aromatic N) is 2. The Hall–Kier alpha value is -2.60. The fourth-order valence-corrected chi connectivity index (χ4v) is 3.15. The topological polar surface area (TPSA) is 53.4 Å². The van der Waals surface area contributed by atoms with Crippen molar-refractivity contribution in [1.82, 2.24) is 9.78 Å². The molecule has 0 aliphatic carbocycles. The minimum atomic E-state index is -0.452. The lowest BCUT2D eigenvalue weighted by Gasteiger charge is -2.07. The van der Waals surface area contributed by atoms with Crippen LogP contribution in [0.25, 0.3) is 16.3 Å². The zero-order valence-electron chi connectivity index (χ0n) is 13.1. The third-order valence-electron chi connectivity index (χ3n) is 3.40. The minimum Gasteiger partial charge on any atom is -0.497 e. The number of rotatable bonds is 4. The van der Waals surface area contributed by atoms with Crippen molar-refractivity contribution < 1.29 is 14.3 Å². The Morgan fingerprint density at radius 1 is 1.17 bits per heavy atom. The van der Waals surface area contributed by atoms with E-state index in [0.29, 0.717) is 0 Å². The number of aromatic nitrogens is 2. The maximum atomic E-state index is 11.8. The average Bonchev–Trinajstić information content (AvgIpc) is 3.20. The fourth-order valence-electron chi connectivity index (χ4n) is 2.25. The maximum absolute atomic E-state index is 11.8. The zero-order valence-corrected chi connectivity index (χ0v) is 13.9. The van der Waals surface area contributed by atoms with Crippen molar-refractivity contribution in [3.63, 3.8) is 0 Å². The second-order valence-electron chi connectivity index (χ2n) is 5.00. The molecule has 0 unspecified atom stereocenters. The van der Waals surface area contributed by atoms with Crippen LogP contribution in [0.2, 0.25) is 0 Å². The molecule has 0 spiro atoms. The van der Waals surface area contributed by atoms with E-state index in [-0.39, 0.29) is 5.69 Å². The van der Waals surface area contributed by atoms with Gasteiger partial charge < -0.3 is 9.47 Å². The highest BCUT2D eigenvalue weighted by Crippen LogP contribution is 2.30. The molecule has 118 valence electrons. The van der Waals surface area contributed by atoms with E-state index in [0.717, 1.165) is 22.0 Å². The molecule has 3 aromatic rings. The van der Waals surface area contributed by atoms with Gasteiger partial charge in [-0.05, 0) is 48.2 Å². The summed E-state index contributed by atoms with van der Waals surface area (Å²) in [5.41, 5.74) is 3.16. The predicted molar refractivity (Wildman–Crippen MR) is 89.5 cm³/mol. The summed E-state index contributed by atoms with van der Waals surface area (Å²) in [6.45, 7) is 2.04. The van der Waals surface area contributed by atoms with E-state index in [1.807, 2.05) is 31.2 Å². The van der Waals surface area contributed by atoms with Crippen LogP contribution >= 0.6 is 11.3 Å². The number of esters is 1. The first-order chi connectivity index (χ1) is 11.1. The van der Waals surface area contributed by atoms with E-state index < -0.39 is 5.97 Å². The van der Waals surface area contributed by atoms with E-state index >= 15 is 0 Å². The zero-order chi connectivity index (χ0) is 16.4. The number of thiophene rings is 1. The summed E-state index contributed by atoms with van der Waals surface area (Å²) < 4.78 is 11.7. The van der Waals surface area contributed by atoms with Crippen LogP contribution in [-0.2, 0) is 4.74 Å². The molecule has 0 aliphatic heterocycles. The lowest BCUT2D eigenvalue weighted by atomic mass is 10.2. The molecule has 0 amide bonds. The Bertz CT molecular complexity index is 834. The number of carbonyl (C=O) groups excluding carboxylic acids is 1. The molecule has 5 nitrogen and oxygen atoms in total. The van der Waals surface area contributed by atoms with Gasteiger partial charge in [-0.25, -0.2) is 9.48 Å². The standard InChI is InChI=1S/C17H16N2O3S/c1-11-8-16(23-10-11)15-9-14(17(20)22-3)18-19(15)12-4-6-13(21-2)7-5-12/h4-10H,1-3H3. The van der Waals surface area contributed by atoms with E-state index in [1.54, 1.807) is 29.2 Å². The van der Waals surface area contributed by atoms with Gasteiger partial charge in [-0.2, -0.15) is 5.10 Å². The molecule has 0 saturated heterocycles. The van der Waals surface area contributed by atoms with Crippen molar-refractivity contribution in [3.8, 4) is 22.0 Å². The summed E-state index contributed by atoms with van der Waals surface area (Å²) in [5.74, 6) is 0.314. The van der Waals surface area contributed by atoms with Gasteiger partial charge in [-0.3, -0.25) is 0 Å². The first kappa shape index (κ1) is 15.3. The normalized spacial score (nSPS) is 10.6. The monoisotopic (exact) mass is 328 g/mol. The first-order valence-corrected chi connectivity index (χ1v) is 7.88. The highest BCUT2D eigenvalue weighted by atomic mass is 32.1. The van der Waals surface area contributed by atoms with Crippen molar-refractivity contribution in [2.24, 2.45) is 0 Å². The Morgan fingerprint density at radius 2 is 1.91 bits per heavy atom. The molecule has 0 atom stereocenters. The third-order valence-corrected chi connectivity index (χ3v) is 4.47. The van der Waals surface area contributed by atoms with Crippen molar-refractivity contribution in [2.45, 2.75) is 6.92 Å². The first-order valence-electron chi connectivity index (χ1n) is 7.00. The van der Waals surface area contributed by atoms with Crippen LogP contribution in [0.3, 0.4) is 0 Å². The second kappa shape index (κ2) is 6.26. The van der Waals surface area contributed by atoms with E-state index in [2.05, 4.69) is 16.5 Å². The van der Waals surface area contributed by atoms with Gasteiger partial charge in [0.25, 0.3) is 0 Å². The Labute approximate surface area is 138 Å². The van der Waals surface area contributed by atoms with Crippen LogP contribution in [-0.4, -0.2) is 30.0 Å². The summed E-state index contributed by atoms with van der Waals surface area (Å²) in [6.07, 6.45) is 0. The van der Waals surface area contributed by atoms with Gasteiger partial charge in [0.05, 0.1) is 30.5 Å². The van der Waals surface area contributed by atoms with Crippen LogP contribution in [0.5, 0.6) is 5.75 Å². The molecule has 2 heterocycles. The lowest BCUT2D eigenvalue weighted by molar-refractivity contribution is 0.0593. The molecular formula is C17H16N2O3S. The number of hydrogen-bond donors (Lipinski definition) is 0. The molecule has 0 radical (unpaired) electrons. The van der Waals surface area contributed by atoms with Crippen LogP contribution in [0.15, 0.2) is 41.8 Å².